The number of aliphatic carboxylic acids is 1. The molecule has 0 saturated heterocycles. The number of carbonyl (C=O) groups excluding carboxylic acids is 15. The minimum absolute atomic E-state index is 0.0326. The van der Waals surface area contributed by atoms with Gasteiger partial charge in [0.2, 0.25) is 88.6 Å². The standard InChI is InChI=1S/C69H108F2N20O17/c1-8-37(6)57(68(108)87-49(31-40-28-41(70)32-42(71)29-40)64(104)83-43(58(76)98)21-23-51(74)93)91-63(103)47(22-24-54(96)97)84-61(101)45(18-12-13-25-72)82-53(95)34-80-59(99)50(33-52(75)94)88-67(107)56(36(4)5)89-62(102)46(19-14-26-73)85-66(106)55(35(2)3)90-65(105)48(30-39-16-10-9-11-17-39)86-60(100)44(81-38(7)92)20-15-27-79-69(77)78/h9-11,16-17,28-29,32,35-37,43-50,55-57H,8,12-15,18-27,30-31,33-34,72-73H2,1-7H3,(H2,74,93)(H2,75,94)(H2,76,98)(H,80,99)(H,81,92)(H,82,95)(H,83,104)(H,84,101)(H,85,106)(H,86,100)(H,87,108)(H,88,107)(H,89,102)(H,90,105)(H,91,103)(H,96,97)(H4,77,78,79)/t37-,43-,44-,45-,46-,47-,48-,49-,50-,55-,56-,57-/m0/s1. The number of unbranched alkanes of at least 4 members (excludes halogenated alkanes) is 1. The molecular weight excluding hydrogens is 1420 g/mol. The topological polar surface area (TPSA) is 632 Å². The second kappa shape index (κ2) is 48.3. The van der Waals surface area contributed by atoms with E-state index in [1.165, 1.54) is 27.7 Å². The van der Waals surface area contributed by atoms with Crippen molar-refractivity contribution >= 4 is 101 Å². The molecule has 0 aliphatic rings. The summed E-state index contributed by atoms with van der Waals surface area (Å²) in [5.41, 5.74) is 39.1. The predicted molar refractivity (Wildman–Crippen MR) is 389 cm³/mol. The van der Waals surface area contributed by atoms with Crippen LogP contribution in [0.5, 0.6) is 0 Å². The molecule has 0 bridgehead atoms. The fraction of sp³-hybridized carbons (Fsp3) is 0.580. The molecule has 12 atom stereocenters. The molecule has 0 heterocycles. The average Bonchev–Trinajstić information content (AvgIpc) is 0.842. The number of hydrogen-bond donors (Lipinski definition) is 20. The number of hydrogen-bond acceptors (Lipinski definition) is 19. The smallest absolute Gasteiger partial charge is 0.303 e. The van der Waals surface area contributed by atoms with Crippen molar-refractivity contribution in [3.8, 4) is 0 Å². The molecule has 0 unspecified atom stereocenters. The van der Waals surface area contributed by atoms with E-state index in [0.29, 0.717) is 18.1 Å². The van der Waals surface area contributed by atoms with Crippen LogP contribution >= 0.6 is 0 Å². The minimum atomic E-state index is -1.82. The zero-order chi connectivity index (χ0) is 81.5. The van der Waals surface area contributed by atoms with Gasteiger partial charge in [-0.3, -0.25) is 81.7 Å². The van der Waals surface area contributed by atoms with Crippen LogP contribution in [0.4, 0.5) is 8.78 Å². The summed E-state index contributed by atoms with van der Waals surface area (Å²) >= 11 is 0. The third kappa shape index (κ3) is 35.4. The van der Waals surface area contributed by atoms with Gasteiger partial charge >= 0.3 is 5.97 Å². The maximum atomic E-state index is 14.4. The van der Waals surface area contributed by atoms with Crippen molar-refractivity contribution in [1.82, 2.24) is 63.8 Å². The van der Waals surface area contributed by atoms with Gasteiger partial charge < -0.3 is 109 Å². The van der Waals surface area contributed by atoms with Crippen LogP contribution in [0, 0.1) is 29.4 Å². The number of carboxylic acids is 1. The highest BCUT2D eigenvalue weighted by atomic mass is 19.1. The maximum absolute atomic E-state index is 14.4. The number of benzene rings is 2. The van der Waals surface area contributed by atoms with E-state index in [1.807, 2.05) is 0 Å². The minimum Gasteiger partial charge on any atom is -0.481 e. The number of rotatable bonds is 51. The summed E-state index contributed by atoms with van der Waals surface area (Å²) in [6, 6.07) is -5.88. The summed E-state index contributed by atoms with van der Waals surface area (Å²) in [6.07, 6.45) is -2.87. The molecule has 2 rings (SSSR count). The molecule has 0 aliphatic carbocycles. The number of carboxylic acid groups (broad SMARTS) is 1. The summed E-state index contributed by atoms with van der Waals surface area (Å²) in [5.74, 6) is -20.6. The lowest BCUT2D eigenvalue weighted by Gasteiger charge is -2.29. The third-order valence-corrected chi connectivity index (χ3v) is 16.8. The van der Waals surface area contributed by atoms with Crippen LogP contribution in [0.15, 0.2) is 53.5 Å². The van der Waals surface area contributed by atoms with E-state index in [-0.39, 0.29) is 88.9 Å². The normalized spacial score (nSPS) is 14.4. The molecule has 2 aromatic rings. The van der Waals surface area contributed by atoms with Crippen molar-refractivity contribution in [2.24, 2.45) is 62.9 Å². The lowest BCUT2D eigenvalue weighted by molar-refractivity contribution is -0.139. The Bertz CT molecular complexity index is 3440. The number of guanidine groups is 1. The fourth-order valence-electron chi connectivity index (χ4n) is 10.8. The molecule has 39 heteroatoms. The van der Waals surface area contributed by atoms with E-state index < -0.39 is 229 Å². The van der Waals surface area contributed by atoms with Crippen LogP contribution in [0.3, 0.4) is 0 Å². The number of aliphatic imine (C=N–C) groups is 1. The van der Waals surface area contributed by atoms with Gasteiger partial charge in [-0.15, -0.1) is 0 Å². The van der Waals surface area contributed by atoms with Gasteiger partial charge in [0.15, 0.2) is 5.96 Å². The van der Waals surface area contributed by atoms with E-state index in [0.717, 1.165) is 12.1 Å². The van der Waals surface area contributed by atoms with Gasteiger partial charge in [-0.1, -0.05) is 78.3 Å². The van der Waals surface area contributed by atoms with Crippen molar-refractivity contribution < 1.29 is 90.6 Å². The Morgan fingerprint density at radius 1 is 0.444 bits per heavy atom. The number of nitrogens with two attached hydrogens (primary N) is 7. The predicted octanol–water partition coefficient (Wildman–Crippen LogP) is -5.01. The highest BCUT2D eigenvalue weighted by Crippen LogP contribution is 2.17. The van der Waals surface area contributed by atoms with Gasteiger partial charge in [-0.25, -0.2) is 8.78 Å². The summed E-state index contributed by atoms with van der Waals surface area (Å²) < 4.78 is 28.8. The largest absolute Gasteiger partial charge is 0.481 e. The summed E-state index contributed by atoms with van der Waals surface area (Å²) in [4.78, 5) is 219. The number of halogens is 2. The Labute approximate surface area is 624 Å². The van der Waals surface area contributed by atoms with Crippen molar-refractivity contribution in [2.75, 3.05) is 26.2 Å². The molecule has 0 radical (unpaired) electrons. The molecule has 2 aromatic carbocycles. The highest BCUT2D eigenvalue weighted by Gasteiger charge is 2.38. The molecule has 15 amide bonds. The number of carbonyl (C=O) groups is 16. The Hall–Kier alpha value is -11.0. The van der Waals surface area contributed by atoms with E-state index in [2.05, 4.69) is 68.8 Å². The molecule has 37 nitrogen and oxygen atoms in total. The van der Waals surface area contributed by atoms with Crippen molar-refractivity contribution in [2.45, 2.75) is 211 Å². The zero-order valence-electron chi connectivity index (χ0n) is 61.9. The number of nitrogens with zero attached hydrogens (tertiary/aromatic N) is 1. The van der Waals surface area contributed by atoms with Crippen LogP contribution in [0.2, 0.25) is 0 Å². The third-order valence-electron chi connectivity index (χ3n) is 16.8. The molecule has 0 aromatic heterocycles. The van der Waals surface area contributed by atoms with Gasteiger partial charge in [-0.2, -0.15) is 0 Å². The molecule has 0 spiro atoms. The lowest BCUT2D eigenvalue weighted by atomic mass is 9.96. The molecule has 600 valence electrons. The first-order valence-electron chi connectivity index (χ1n) is 35.4. The quantitative estimate of drug-likeness (QED) is 0.0168. The first-order chi connectivity index (χ1) is 50.8. The number of amides is 15. The van der Waals surface area contributed by atoms with Gasteiger partial charge in [0.05, 0.1) is 13.0 Å². The molecule has 0 aliphatic heterocycles. The van der Waals surface area contributed by atoms with Gasteiger partial charge in [0.25, 0.3) is 0 Å². The molecule has 0 saturated carbocycles. The Balaban J connectivity index is 2.41. The molecular formula is C69H108F2N20O17. The Morgan fingerprint density at radius 3 is 1.37 bits per heavy atom. The molecule has 108 heavy (non-hydrogen) atoms. The van der Waals surface area contributed by atoms with Gasteiger partial charge in [-0.05, 0) is 112 Å². The summed E-state index contributed by atoms with van der Waals surface area (Å²) in [6.45, 7) is 9.91. The second-order valence-corrected chi connectivity index (χ2v) is 26.6. The van der Waals surface area contributed by atoms with Crippen LogP contribution in [0.25, 0.3) is 0 Å². The first-order valence-corrected chi connectivity index (χ1v) is 35.4. The summed E-state index contributed by atoms with van der Waals surface area (Å²) in [7, 11) is 0. The number of nitrogens with one attached hydrogen (secondary N) is 12. The van der Waals surface area contributed by atoms with Gasteiger partial charge in [0.1, 0.15) is 78.1 Å². The maximum Gasteiger partial charge on any atom is 0.303 e. The van der Waals surface area contributed by atoms with Crippen LogP contribution < -0.4 is 104 Å². The van der Waals surface area contributed by atoms with Crippen molar-refractivity contribution in [3.05, 3.63) is 71.3 Å². The average molecular weight is 1530 g/mol. The second-order valence-electron chi connectivity index (χ2n) is 26.6. The fourth-order valence-corrected chi connectivity index (χ4v) is 10.8. The van der Waals surface area contributed by atoms with Gasteiger partial charge in [0, 0.05) is 45.2 Å². The number of primary amides is 3. The SMILES string of the molecule is CC[C@H](C)[C@H](NC(=O)[C@H](CCC(=O)O)NC(=O)[C@H](CCCCN)NC(=O)CNC(=O)[C@H](CC(N)=O)NC(=O)[C@@H](NC(=O)[C@H](CCCN)NC(=O)[C@@H](NC(=O)[C@H](Cc1ccccc1)NC(=O)[C@H](CCCN=C(N)N)NC(C)=O)C(C)C)C(C)C)C(=O)N[C@@H](Cc1cc(F)cc(F)c1)C(=O)N[C@@H](CCC(N)=O)C(N)=O. The van der Waals surface area contributed by atoms with Crippen LogP contribution in [0.1, 0.15) is 143 Å². The van der Waals surface area contributed by atoms with Crippen molar-refractivity contribution in [3.63, 3.8) is 0 Å². The monoisotopic (exact) mass is 1530 g/mol. The Morgan fingerprint density at radius 2 is 0.870 bits per heavy atom. The zero-order valence-corrected chi connectivity index (χ0v) is 61.9. The van der Waals surface area contributed by atoms with E-state index in [1.54, 1.807) is 51.1 Å². The van der Waals surface area contributed by atoms with Crippen LogP contribution in [-0.2, 0) is 89.6 Å². The van der Waals surface area contributed by atoms with E-state index in [4.69, 9.17) is 40.1 Å². The molecule has 0 fully saturated rings. The van der Waals surface area contributed by atoms with Crippen LogP contribution in [-0.4, -0.2) is 198 Å². The first kappa shape index (κ1) is 93.1. The lowest BCUT2D eigenvalue weighted by Crippen LogP contribution is -2.61. The van der Waals surface area contributed by atoms with E-state index in [9.17, 15) is 90.6 Å². The molecule has 27 N–H and O–H groups in total. The highest BCUT2D eigenvalue weighted by molar-refractivity contribution is 6.00. The van der Waals surface area contributed by atoms with E-state index >= 15 is 0 Å². The Kier molecular flexibility index (Phi) is 41.6. The van der Waals surface area contributed by atoms with Crippen molar-refractivity contribution in [1.29, 1.82) is 0 Å². The summed E-state index contributed by atoms with van der Waals surface area (Å²) in [5, 5.41) is 39.5.